The minimum absolute atomic E-state index is 0.0146. The summed E-state index contributed by atoms with van der Waals surface area (Å²) in [5, 5.41) is 16.8. The maximum absolute atomic E-state index is 13.6. The third-order valence-electron chi connectivity index (χ3n) is 13.7. The SMILES string of the molecule is CC1(C)CN(C(=O)Cn2c(=O)c(C(=O)NCc3ccc(Cl)cc3)cc3cc(-c4nc5ccccc5[nH]4)cnc32)C1.CC1(C)CN(C(=O)Cn2c(=O)c(C(=O)NCc3ccc(Cl)cc3)cc3cc(C(=O)O)cnc32)C1.Nc1ccccc1N. The van der Waals surface area contributed by atoms with E-state index in [2.05, 4.69) is 44.4 Å². The predicted molar refractivity (Wildman–Crippen MR) is 315 cm³/mol. The van der Waals surface area contributed by atoms with Crippen molar-refractivity contribution in [3.8, 4) is 11.4 Å². The number of aromatic nitrogens is 6. The Morgan fingerprint density at radius 3 is 1.49 bits per heavy atom. The summed E-state index contributed by atoms with van der Waals surface area (Å²) in [6.45, 7) is 10.5. The number of amides is 4. The Bertz CT molecular complexity index is 4010. The number of imidazole rings is 1. The Morgan fingerprint density at radius 1 is 0.610 bits per heavy atom. The second-order valence-corrected chi connectivity index (χ2v) is 22.5. The summed E-state index contributed by atoms with van der Waals surface area (Å²) in [5.74, 6) is -2.23. The van der Waals surface area contributed by atoms with Gasteiger partial charge in [0, 0.05) is 78.0 Å². The number of rotatable bonds is 12. The molecular weight excluding hydrogens is 1090 g/mol. The number of para-hydroxylation sites is 4. The molecule has 2 aliphatic heterocycles. The highest BCUT2D eigenvalue weighted by Crippen LogP contribution is 2.31. The molecule has 9 aromatic rings. The van der Waals surface area contributed by atoms with Crippen LogP contribution in [-0.2, 0) is 35.8 Å². The van der Waals surface area contributed by atoms with Crippen molar-refractivity contribution in [2.24, 2.45) is 10.8 Å². The van der Waals surface area contributed by atoms with E-state index in [0.717, 1.165) is 32.9 Å². The number of anilines is 2. The maximum Gasteiger partial charge on any atom is 0.337 e. The molecular formula is C60H58Cl2N12O8. The predicted octanol–water partition coefficient (Wildman–Crippen LogP) is 7.79. The fourth-order valence-electron chi connectivity index (χ4n) is 9.55. The van der Waals surface area contributed by atoms with Crippen LogP contribution in [0, 0.1) is 10.8 Å². The molecule has 4 amide bonds. The molecule has 2 saturated heterocycles. The van der Waals surface area contributed by atoms with E-state index >= 15 is 0 Å². The summed E-state index contributed by atoms with van der Waals surface area (Å²) >= 11 is 11.8. The van der Waals surface area contributed by atoms with Crippen molar-refractivity contribution in [1.29, 1.82) is 0 Å². The van der Waals surface area contributed by atoms with Crippen molar-refractivity contribution in [1.82, 2.24) is 49.5 Å². The zero-order chi connectivity index (χ0) is 58.6. The number of nitrogens with zero attached hydrogens (tertiary/aromatic N) is 7. The molecule has 420 valence electrons. The van der Waals surface area contributed by atoms with Gasteiger partial charge in [0.05, 0.1) is 28.0 Å². The third-order valence-corrected chi connectivity index (χ3v) is 14.3. The monoisotopic (exact) mass is 1140 g/mol. The van der Waals surface area contributed by atoms with Crippen LogP contribution in [-0.4, -0.2) is 99.8 Å². The number of nitrogens with one attached hydrogen (secondary N) is 3. The van der Waals surface area contributed by atoms with Gasteiger partial charge in [-0.2, -0.15) is 0 Å². The molecule has 0 radical (unpaired) electrons. The molecule has 7 heterocycles. The second kappa shape index (κ2) is 23.7. The molecule has 0 bridgehead atoms. The number of nitrogen functional groups attached to an aromatic ring is 2. The molecule has 0 aliphatic carbocycles. The number of aromatic carboxylic acids is 1. The maximum atomic E-state index is 13.6. The first-order valence-corrected chi connectivity index (χ1v) is 26.7. The lowest BCUT2D eigenvalue weighted by atomic mass is 9.84. The molecule has 0 unspecified atom stereocenters. The second-order valence-electron chi connectivity index (χ2n) is 21.7. The van der Waals surface area contributed by atoms with Crippen molar-refractivity contribution < 1.29 is 29.1 Å². The molecule has 2 aliphatic rings. The van der Waals surface area contributed by atoms with Crippen LogP contribution in [0.15, 0.2) is 143 Å². The summed E-state index contributed by atoms with van der Waals surface area (Å²) in [6.07, 6.45) is 2.74. The lowest BCUT2D eigenvalue weighted by Crippen LogP contribution is -2.56. The Balaban J connectivity index is 0.000000176. The van der Waals surface area contributed by atoms with E-state index in [4.69, 9.17) is 34.7 Å². The molecule has 5 aromatic heterocycles. The molecule has 4 aromatic carbocycles. The summed E-state index contributed by atoms with van der Waals surface area (Å²) in [6, 6.07) is 34.9. The number of likely N-dealkylation sites (tertiary alicyclic amines) is 2. The molecule has 0 atom stereocenters. The quantitative estimate of drug-likeness (QED) is 0.0638. The number of hydrogen-bond acceptors (Lipinski definition) is 12. The van der Waals surface area contributed by atoms with Gasteiger partial charge in [-0.15, -0.1) is 0 Å². The standard InChI is InChI=1S/C30H27ClN6O3.C24H23ClN4O5.C6H8N2/c1-30(2)16-36(17-30)25(38)15-37-27-19(11-20(14-32-27)26-34-23-5-3-4-6-24(23)35-26)12-22(29(37)40)28(39)33-13-18-7-9-21(31)10-8-18;1-24(2)12-28(13-24)19(30)11-29-20-15(7-16(10-26-20)23(33)34)8-18(22(29)32)21(31)27-9-14-3-5-17(25)6-4-14;7-5-3-1-2-4-6(5)8/h3-12,14H,13,15-17H2,1-2H3,(H,33,39)(H,34,35);3-8,10H,9,11-13H2,1-2H3,(H,27,31)(H,33,34);1-4H,7-8H2. The summed E-state index contributed by atoms with van der Waals surface area (Å²) in [4.78, 5) is 110. The highest BCUT2D eigenvalue weighted by Gasteiger charge is 2.38. The van der Waals surface area contributed by atoms with Crippen LogP contribution < -0.4 is 33.2 Å². The van der Waals surface area contributed by atoms with Crippen molar-refractivity contribution in [2.45, 2.75) is 53.9 Å². The Labute approximate surface area is 479 Å². The lowest BCUT2D eigenvalue weighted by Gasteiger charge is -2.45. The number of hydrogen-bond donors (Lipinski definition) is 6. The van der Waals surface area contributed by atoms with E-state index in [1.807, 2.05) is 56.3 Å². The number of H-pyrrole nitrogens is 1. The fourth-order valence-corrected chi connectivity index (χ4v) is 9.80. The van der Waals surface area contributed by atoms with Gasteiger partial charge < -0.3 is 42.0 Å². The van der Waals surface area contributed by atoms with Crippen molar-refractivity contribution in [3.05, 3.63) is 192 Å². The highest BCUT2D eigenvalue weighted by atomic mass is 35.5. The molecule has 82 heavy (non-hydrogen) atoms. The third kappa shape index (κ3) is 13.3. The van der Waals surface area contributed by atoms with Crippen LogP contribution in [0.25, 0.3) is 44.5 Å². The summed E-state index contributed by atoms with van der Waals surface area (Å²) in [5.41, 5.74) is 15.0. The number of pyridine rings is 4. The van der Waals surface area contributed by atoms with E-state index in [1.54, 1.807) is 76.7 Å². The minimum atomic E-state index is -1.19. The van der Waals surface area contributed by atoms with E-state index in [9.17, 15) is 38.7 Å². The number of carboxylic acids is 1. The fraction of sp³-hybridized carbons (Fsp3) is 0.233. The zero-order valence-corrected chi connectivity index (χ0v) is 46.7. The average molecular weight is 1150 g/mol. The van der Waals surface area contributed by atoms with Gasteiger partial charge in [-0.3, -0.25) is 37.9 Å². The molecule has 22 heteroatoms. The first kappa shape index (κ1) is 57.3. The van der Waals surface area contributed by atoms with Crippen LogP contribution in [0.1, 0.15) is 69.9 Å². The van der Waals surface area contributed by atoms with Gasteiger partial charge in [0.25, 0.3) is 22.9 Å². The Hall–Kier alpha value is -9.40. The van der Waals surface area contributed by atoms with Crippen LogP contribution in [0.5, 0.6) is 0 Å². The van der Waals surface area contributed by atoms with Crippen LogP contribution in [0.4, 0.5) is 11.4 Å². The first-order valence-electron chi connectivity index (χ1n) is 26.0. The van der Waals surface area contributed by atoms with E-state index in [0.29, 0.717) is 70.0 Å². The topological polar surface area (TPSA) is 287 Å². The van der Waals surface area contributed by atoms with Crippen molar-refractivity contribution in [3.63, 3.8) is 0 Å². The molecule has 20 nitrogen and oxygen atoms in total. The van der Waals surface area contributed by atoms with Gasteiger partial charge in [0.1, 0.15) is 41.3 Å². The molecule has 11 rings (SSSR count). The number of benzene rings is 4. The number of halogens is 2. The van der Waals surface area contributed by atoms with Crippen LogP contribution in [0.2, 0.25) is 10.0 Å². The number of carbonyl (C=O) groups excluding carboxylic acids is 4. The van der Waals surface area contributed by atoms with Crippen LogP contribution >= 0.6 is 23.2 Å². The van der Waals surface area contributed by atoms with Crippen molar-refractivity contribution in [2.75, 3.05) is 37.6 Å². The summed E-state index contributed by atoms with van der Waals surface area (Å²) in [7, 11) is 0. The smallest absolute Gasteiger partial charge is 0.337 e. The normalized spacial score (nSPS) is 13.9. The summed E-state index contributed by atoms with van der Waals surface area (Å²) < 4.78 is 2.43. The van der Waals surface area contributed by atoms with Gasteiger partial charge in [0.15, 0.2) is 0 Å². The van der Waals surface area contributed by atoms with Gasteiger partial charge in [-0.25, -0.2) is 19.7 Å². The Morgan fingerprint density at radius 2 is 1.05 bits per heavy atom. The molecule has 8 N–H and O–H groups in total. The number of nitrogens with two attached hydrogens (primary N) is 2. The number of carboxylic acid groups (broad SMARTS) is 1. The number of aromatic amines is 1. The van der Waals surface area contributed by atoms with Gasteiger partial charge in [-0.1, -0.05) is 99.4 Å². The molecule has 0 saturated carbocycles. The van der Waals surface area contributed by atoms with Gasteiger partial charge in [0.2, 0.25) is 11.8 Å². The van der Waals surface area contributed by atoms with Gasteiger partial charge >= 0.3 is 5.97 Å². The largest absolute Gasteiger partial charge is 0.478 e. The van der Waals surface area contributed by atoms with Crippen LogP contribution in [0.3, 0.4) is 0 Å². The average Bonchev–Trinajstić information content (AvgIpc) is 4.02. The van der Waals surface area contributed by atoms with E-state index < -0.39 is 28.9 Å². The number of carbonyl (C=O) groups is 5. The molecule has 0 spiro atoms. The zero-order valence-electron chi connectivity index (χ0n) is 45.2. The minimum Gasteiger partial charge on any atom is -0.478 e. The lowest BCUT2D eigenvalue weighted by molar-refractivity contribution is -0.142. The van der Waals surface area contributed by atoms with Gasteiger partial charge in [-0.05, 0) is 94.8 Å². The molecule has 2 fully saturated rings. The van der Waals surface area contributed by atoms with Crippen molar-refractivity contribution >= 4 is 97.3 Å². The Kier molecular flexibility index (Phi) is 16.6. The number of fused-ring (bicyclic) bond motifs is 3. The van der Waals surface area contributed by atoms with E-state index in [1.165, 1.54) is 22.8 Å². The van der Waals surface area contributed by atoms with E-state index in [-0.39, 0.29) is 76.5 Å². The highest BCUT2D eigenvalue weighted by molar-refractivity contribution is 6.30. The first-order chi connectivity index (χ1) is 39.0.